The molecular weight excluding hydrogens is 250 g/mol. The van der Waals surface area contributed by atoms with Crippen molar-refractivity contribution in [2.45, 2.75) is 58.9 Å². The van der Waals surface area contributed by atoms with Gasteiger partial charge >= 0.3 is 0 Å². The van der Waals surface area contributed by atoms with Crippen LogP contribution in [-0.2, 0) is 11.8 Å². The maximum absolute atomic E-state index is 12.4. The van der Waals surface area contributed by atoms with Gasteiger partial charge in [0, 0.05) is 17.5 Å². The van der Waals surface area contributed by atoms with Gasteiger partial charge in [0.15, 0.2) is 0 Å². The summed E-state index contributed by atoms with van der Waals surface area (Å²) in [7, 11) is 0. The van der Waals surface area contributed by atoms with Gasteiger partial charge in [0.2, 0.25) is 0 Å². The predicted molar refractivity (Wildman–Crippen MR) is 81.6 cm³/mol. The molecule has 0 saturated carbocycles. The van der Waals surface area contributed by atoms with Crippen LogP contribution in [0.15, 0.2) is 12.1 Å². The lowest BCUT2D eigenvalue weighted by molar-refractivity contribution is 0.0916. The van der Waals surface area contributed by atoms with Crippen molar-refractivity contribution in [1.82, 2.24) is 5.32 Å². The van der Waals surface area contributed by atoms with Crippen molar-refractivity contribution in [3.63, 3.8) is 0 Å². The quantitative estimate of drug-likeness (QED) is 0.852. The fraction of sp³-hybridized carbons (Fsp3) is 0.588. The number of benzene rings is 1. The Morgan fingerprint density at radius 2 is 1.80 bits per heavy atom. The Kier molecular flexibility index (Phi) is 3.57. The molecule has 0 aliphatic carbocycles. The number of carbonyl (C=O) groups is 1. The molecule has 3 nitrogen and oxygen atoms in total. The van der Waals surface area contributed by atoms with Crippen LogP contribution in [0.5, 0.6) is 5.75 Å². The van der Waals surface area contributed by atoms with Gasteiger partial charge in [-0.15, -0.1) is 0 Å². The topological polar surface area (TPSA) is 38.3 Å². The summed E-state index contributed by atoms with van der Waals surface area (Å²) in [6.45, 7) is 13.2. The first kappa shape index (κ1) is 14.9. The Bertz CT molecular complexity index is 533. The average Bonchev–Trinajstić information content (AvgIpc) is 2.71. The highest BCUT2D eigenvalue weighted by atomic mass is 16.5. The first-order valence-electron chi connectivity index (χ1n) is 7.21. The lowest BCUT2D eigenvalue weighted by atomic mass is 9.82. The van der Waals surface area contributed by atoms with E-state index in [1.807, 2.05) is 26.8 Å². The molecule has 3 heteroatoms. The van der Waals surface area contributed by atoms with Crippen molar-refractivity contribution in [2.75, 3.05) is 6.61 Å². The van der Waals surface area contributed by atoms with E-state index in [2.05, 4.69) is 32.2 Å². The molecule has 110 valence electrons. The lowest BCUT2D eigenvalue weighted by Gasteiger charge is -2.24. The lowest BCUT2D eigenvalue weighted by Crippen LogP contribution is -2.40. The van der Waals surface area contributed by atoms with Crippen molar-refractivity contribution < 1.29 is 9.53 Å². The molecule has 2 rings (SSSR count). The molecule has 1 aromatic rings. The Morgan fingerprint density at radius 3 is 2.35 bits per heavy atom. The molecule has 0 fully saturated rings. The first-order valence-corrected chi connectivity index (χ1v) is 7.21. The third-order valence-electron chi connectivity index (χ3n) is 3.40. The number of ether oxygens (including phenoxy) is 1. The van der Waals surface area contributed by atoms with Crippen LogP contribution in [0, 0.1) is 0 Å². The maximum atomic E-state index is 12.4. The molecule has 0 saturated heterocycles. The highest BCUT2D eigenvalue weighted by Crippen LogP contribution is 2.38. The zero-order chi connectivity index (χ0) is 15.1. The van der Waals surface area contributed by atoms with Gasteiger partial charge in [-0.05, 0) is 37.8 Å². The minimum atomic E-state index is -0.245. The van der Waals surface area contributed by atoms with Crippen molar-refractivity contribution in [3.05, 3.63) is 28.8 Å². The summed E-state index contributed by atoms with van der Waals surface area (Å²) < 4.78 is 5.74. The summed E-state index contributed by atoms with van der Waals surface area (Å²) in [5.74, 6) is 0.718. The molecule has 1 aromatic carbocycles. The van der Waals surface area contributed by atoms with E-state index >= 15 is 0 Å². The normalized spacial score (nSPS) is 14.7. The van der Waals surface area contributed by atoms with Gasteiger partial charge in [0.25, 0.3) is 5.91 Å². The molecule has 1 aliphatic rings. The smallest absolute Gasteiger partial charge is 0.255 e. The third kappa shape index (κ3) is 2.97. The zero-order valence-electron chi connectivity index (χ0n) is 13.4. The van der Waals surface area contributed by atoms with Crippen LogP contribution < -0.4 is 10.1 Å². The SMILES string of the molecule is CC(C)(C)NC(=O)c1ccc(C(C)(C)C)c2c1OCC2. The van der Waals surface area contributed by atoms with Gasteiger partial charge < -0.3 is 10.1 Å². The predicted octanol–water partition coefficient (Wildman–Crippen LogP) is 3.45. The van der Waals surface area contributed by atoms with Gasteiger partial charge in [-0.3, -0.25) is 4.79 Å². The Balaban J connectivity index is 2.44. The van der Waals surface area contributed by atoms with Crippen LogP contribution >= 0.6 is 0 Å². The fourth-order valence-corrected chi connectivity index (χ4v) is 2.59. The largest absolute Gasteiger partial charge is 0.492 e. The Hall–Kier alpha value is -1.51. The molecule has 1 amide bonds. The van der Waals surface area contributed by atoms with Gasteiger partial charge in [0.05, 0.1) is 12.2 Å². The molecule has 1 aliphatic heterocycles. The number of amides is 1. The van der Waals surface area contributed by atoms with Crippen molar-refractivity contribution in [3.8, 4) is 5.75 Å². The van der Waals surface area contributed by atoms with E-state index < -0.39 is 0 Å². The summed E-state index contributed by atoms with van der Waals surface area (Å²) in [6.07, 6.45) is 0.887. The molecule has 0 unspecified atom stereocenters. The summed E-state index contributed by atoms with van der Waals surface area (Å²) in [5.41, 5.74) is 2.94. The summed E-state index contributed by atoms with van der Waals surface area (Å²) in [4.78, 5) is 12.4. The third-order valence-corrected chi connectivity index (χ3v) is 3.40. The highest BCUT2D eigenvalue weighted by Gasteiger charge is 2.29. The number of rotatable bonds is 1. The molecular formula is C17H25NO2. The number of carbonyl (C=O) groups excluding carboxylic acids is 1. The van der Waals surface area contributed by atoms with E-state index in [0.717, 1.165) is 12.2 Å². The summed E-state index contributed by atoms with van der Waals surface area (Å²) in [5, 5.41) is 3.00. The maximum Gasteiger partial charge on any atom is 0.255 e. The molecule has 0 atom stereocenters. The highest BCUT2D eigenvalue weighted by molar-refractivity contribution is 5.98. The molecule has 20 heavy (non-hydrogen) atoms. The van der Waals surface area contributed by atoms with Crippen molar-refractivity contribution >= 4 is 5.91 Å². The first-order chi connectivity index (χ1) is 9.09. The standard InChI is InChI=1S/C17H25NO2/c1-16(2,3)13-8-7-12(14-11(13)9-10-20-14)15(19)18-17(4,5)6/h7-8H,9-10H2,1-6H3,(H,18,19). The van der Waals surface area contributed by atoms with Gasteiger partial charge in [-0.25, -0.2) is 0 Å². The Morgan fingerprint density at radius 1 is 1.15 bits per heavy atom. The van der Waals surface area contributed by atoms with E-state index in [4.69, 9.17) is 4.74 Å². The second-order valence-corrected chi connectivity index (χ2v) is 7.52. The Labute approximate surface area is 121 Å². The van der Waals surface area contributed by atoms with Crippen molar-refractivity contribution in [1.29, 1.82) is 0 Å². The minimum absolute atomic E-state index is 0.0592. The zero-order valence-corrected chi connectivity index (χ0v) is 13.4. The molecule has 1 N–H and O–H groups in total. The minimum Gasteiger partial charge on any atom is -0.492 e. The molecule has 0 bridgehead atoms. The van der Waals surface area contributed by atoms with Gasteiger partial charge in [0.1, 0.15) is 5.75 Å². The second kappa shape index (κ2) is 4.80. The van der Waals surface area contributed by atoms with Crippen LogP contribution in [-0.4, -0.2) is 18.1 Å². The van der Waals surface area contributed by atoms with E-state index in [9.17, 15) is 4.79 Å². The van der Waals surface area contributed by atoms with Crippen molar-refractivity contribution in [2.24, 2.45) is 0 Å². The number of fused-ring (bicyclic) bond motifs is 1. The number of hydrogen-bond acceptors (Lipinski definition) is 2. The average molecular weight is 275 g/mol. The van der Waals surface area contributed by atoms with Gasteiger partial charge in [-0.2, -0.15) is 0 Å². The fourth-order valence-electron chi connectivity index (χ4n) is 2.59. The number of nitrogens with one attached hydrogen (secondary N) is 1. The van der Waals surface area contributed by atoms with E-state index in [1.165, 1.54) is 11.1 Å². The summed E-state index contributed by atoms with van der Waals surface area (Å²) >= 11 is 0. The molecule has 0 spiro atoms. The van der Waals surface area contributed by atoms with Crippen LogP contribution in [0.1, 0.15) is 63.0 Å². The molecule has 0 aromatic heterocycles. The van der Waals surface area contributed by atoms with Gasteiger partial charge in [-0.1, -0.05) is 26.8 Å². The van der Waals surface area contributed by atoms with Crippen LogP contribution in [0.3, 0.4) is 0 Å². The number of hydrogen-bond donors (Lipinski definition) is 1. The van der Waals surface area contributed by atoms with E-state index in [0.29, 0.717) is 12.2 Å². The molecule has 1 heterocycles. The van der Waals surface area contributed by atoms with E-state index in [1.54, 1.807) is 0 Å². The monoisotopic (exact) mass is 275 g/mol. The second-order valence-electron chi connectivity index (χ2n) is 7.52. The molecule has 0 radical (unpaired) electrons. The van der Waals surface area contributed by atoms with Crippen LogP contribution in [0.2, 0.25) is 0 Å². The van der Waals surface area contributed by atoms with Crippen LogP contribution in [0.4, 0.5) is 0 Å². The van der Waals surface area contributed by atoms with E-state index in [-0.39, 0.29) is 16.9 Å². The summed E-state index contributed by atoms with van der Waals surface area (Å²) in [6, 6.07) is 3.97. The van der Waals surface area contributed by atoms with Crippen LogP contribution in [0.25, 0.3) is 0 Å².